The predicted octanol–water partition coefficient (Wildman–Crippen LogP) is 2.67. The number of furan rings is 1. The zero-order valence-corrected chi connectivity index (χ0v) is 11.8. The molecular formula is C14H19NO3S. The Bertz CT molecular complexity index is 479. The van der Waals surface area contributed by atoms with Gasteiger partial charge in [0.1, 0.15) is 11.3 Å². The van der Waals surface area contributed by atoms with Gasteiger partial charge in [-0.1, -0.05) is 0 Å². The van der Waals surface area contributed by atoms with Crippen LogP contribution in [0.4, 0.5) is 0 Å². The Morgan fingerprint density at radius 3 is 2.74 bits per heavy atom. The van der Waals surface area contributed by atoms with E-state index in [4.69, 9.17) is 4.42 Å². The van der Waals surface area contributed by atoms with Gasteiger partial charge in [-0.05, 0) is 44.6 Å². The van der Waals surface area contributed by atoms with Crippen molar-refractivity contribution < 1.29 is 14.3 Å². The van der Waals surface area contributed by atoms with Gasteiger partial charge < -0.3 is 9.52 Å². The van der Waals surface area contributed by atoms with E-state index in [-0.39, 0.29) is 5.92 Å². The molecule has 0 amide bonds. The second kappa shape index (κ2) is 4.87. The van der Waals surface area contributed by atoms with Gasteiger partial charge in [-0.2, -0.15) is 0 Å². The molecule has 5 heteroatoms. The Balaban J connectivity index is 1.74. The lowest BCUT2D eigenvalue weighted by Gasteiger charge is -2.30. The molecule has 1 atom stereocenters. The third-order valence-corrected chi connectivity index (χ3v) is 5.30. The van der Waals surface area contributed by atoms with E-state index < -0.39 is 11.5 Å². The molecule has 1 unspecified atom stereocenters. The Labute approximate surface area is 116 Å². The Morgan fingerprint density at radius 1 is 1.53 bits per heavy atom. The number of aryl methyl sites for hydroxylation is 1. The van der Waals surface area contributed by atoms with Crippen LogP contribution in [0.15, 0.2) is 21.6 Å². The molecule has 0 aromatic carbocycles. The number of carboxylic acids is 1. The van der Waals surface area contributed by atoms with E-state index in [0.717, 1.165) is 36.3 Å². The lowest BCUT2D eigenvalue weighted by Crippen LogP contribution is -2.57. The highest BCUT2D eigenvalue weighted by atomic mass is 32.2. The topological polar surface area (TPSA) is 62.5 Å². The van der Waals surface area contributed by atoms with Crippen LogP contribution in [0.1, 0.15) is 31.4 Å². The molecule has 2 aliphatic carbocycles. The van der Waals surface area contributed by atoms with Crippen LogP contribution < -0.4 is 5.32 Å². The second-order valence-corrected chi connectivity index (χ2v) is 6.62. The molecular weight excluding hydrogens is 262 g/mol. The maximum absolute atomic E-state index is 11.8. The van der Waals surface area contributed by atoms with Crippen LogP contribution in [0.5, 0.6) is 0 Å². The van der Waals surface area contributed by atoms with E-state index in [2.05, 4.69) is 5.32 Å². The van der Waals surface area contributed by atoms with Gasteiger partial charge in [-0.25, -0.2) is 0 Å². The molecule has 104 valence electrons. The smallest absolute Gasteiger partial charge is 0.325 e. The molecule has 0 bridgehead atoms. The standard InChI is InChI=1S/C14H19NO3S/c1-9-12(6-7-18-9)19-8-14(13(16)17,10-2-3-10)15-11-4-5-11/h6-7,10-11,15H,2-5,8H2,1H3,(H,16,17). The molecule has 0 aliphatic heterocycles. The fourth-order valence-electron chi connectivity index (χ4n) is 2.46. The second-order valence-electron chi connectivity index (χ2n) is 5.60. The highest BCUT2D eigenvalue weighted by Gasteiger charge is 2.53. The van der Waals surface area contributed by atoms with E-state index in [1.165, 1.54) is 0 Å². The van der Waals surface area contributed by atoms with Crippen LogP contribution in [-0.2, 0) is 4.79 Å². The van der Waals surface area contributed by atoms with Crippen LogP contribution in [-0.4, -0.2) is 28.4 Å². The number of carbonyl (C=O) groups is 1. The minimum Gasteiger partial charge on any atom is -0.480 e. The summed E-state index contributed by atoms with van der Waals surface area (Å²) in [5.74, 6) is 1.02. The minimum absolute atomic E-state index is 0.283. The Kier molecular flexibility index (Phi) is 3.35. The van der Waals surface area contributed by atoms with E-state index in [9.17, 15) is 9.90 Å². The molecule has 0 spiro atoms. The summed E-state index contributed by atoms with van der Waals surface area (Å²) >= 11 is 1.59. The molecule has 4 nitrogen and oxygen atoms in total. The van der Waals surface area contributed by atoms with Crippen molar-refractivity contribution in [1.29, 1.82) is 0 Å². The van der Waals surface area contributed by atoms with Crippen molar-refractivity contribution >= 4 is 17.7 Å². The molecule has 1 heterocycles. The Morgan fingerprint density at radius 2 is 2.26 bits per heavy atom. The first-order valence-electron chi connectivity index (χ1n) is 6.80. The third kappa shape index (κ3) is 2.67. The molecule has 2 saturated carbocycles. The summed E-state index contributed by atoms with van der Waals surface area (Å²) in [7, 11) is 0. The quantitative estimate of drug-likeness (QED) is 0.752. The van der Waals surface area contributed by atoms with Gasteiger partial charge in [0.25, 0.3) is 0 Å². The van der Waals surface area contributed by atoms with E-state index in [1.807, 2.05) is 13.0 Å². The number of thioether (sulfide) groups is 1. The van der Waals surface area contributed by atoms with Gasteiger partial charge in [-0.3, -0.25) is 10.1 Å². The normalized spacial score (nSPS) is 22.2. The molecule has 0 saturated heterocycles. The van der Waals surface area contributed by atoms with Gasteiger partial charge >= 0.3 is 5.97 Å². The van der Waals surface area contributed by atoms with Crippen LogP contribution in [0, 0.1) is 12.8 Å². The van der Waals surface area contributed by atoms with Crippen LogP contribution in [0.25, 0.3) is 0 Å². The van der Waals surface area contributed by atoms with E-state index in [0.29, 0.717) is 11.8 Å². The number of nitrogens with one attached hydrogen (secondary N) is 1. The van der Waals surface area contributed by atoms with Crippen molar-refractivity contribution in [3.63, 3.8) is 0 Å². The molecule has 19 heavy (non-hydrogen) atoms. The molecule has 1 aromatic rings. The molecule has 3 rings (SSSR count). The minimum atomic E-state index is -0.754. The lowest BCUT2D eigenvalue weighted by atomic mass is 9.95. The highest BCUT2D eigenvalue weighted by molar-refractivity contribution is 7.99. The number of carboxylic acid groups (broad SMARTS) is 1. The molecule has 2 aliphatic rings. The third-order valence-electron chi connectivity index (χ3n) is 3.96. The van der Waals surface area contributed by atoms with Gasteiger partial charge in [0.05, 0.1) is 6.26 Å². The number of aliphatic carboxylic acids is 1. The van der Waals surface area contributed by atoms with Crippen molar-refractivity contribution in [1.82, 2.24) is 5.32 Å². The zero-order valence-electron chi connectivity index (χ0n) is 11.0. The predicted molar refractivity (Wildman–Crippen MR) is 73.4 cm³/mol. The summed E-state index contributed by atoms with van der Waals surface area (Å²) in [5.41, 5.74) is -0.754. The average Bonchev–Trinajstić information content (AvgIpc) is 3.25. The molecule has 1 aromatic heterocycles. The van der Waals surface area contributed by atoms with Gasteiger partial charge in [0, 0.05) is 16.7 Å². The van der Waals surface area contributed by atoms with Crippen molar-refractivity contribution in [2.45, 2.75) is 49.1 Å². The van der Waals surface area contributed by atoms with Gasteiger partial charge in [0.15, 0.2) is 0 Å². The largest absolute Gasteiger partial charge is 0.480 e. The number of rotatable bonds is 7. The maximum atomic E-state index is 11.8. The monoisotopic (exact) mass is 281 g/mol. The molecule has 2 N–H and O–H groups in total. The number of hydrogen-bond donors (Lipinski definition) is 2. The fraction of sp³-hybridized carbons (Fsp3) is 0.643. The summed E-state index contributed by atoms with van der Waals surface area (Å²) in [6.45, 7) is 1.91. The first-order valence-corrected chi connectivity index (χ1v) is 7.78. The maximum Gasteiger partial charge on any atom is 0.325 e. The zero-order chi connectivity index (χ0) is 13.5. The van der Waals surface area contributed by atoms with Crippen molar-refractivity contribution in [2.75, 3.05) is 5.75 Å². The summed E-state index contributed by atoms with van der Waals surface area (Å²) in [4.78, 5) is 12.9. The number of hydrogen-bond acceptors (Lipinski definition) is 4. The lowest BCUT2D eigenvalue weighted by molar-refractivity contribution is -0.145. The van der Waals surface area contributed by atoms with E-state index >= 15 is 0 Å². The van der Waals surface area contributed by atoms with Gasteiger partial charge in [-0.15, -0.1) is 11.8 Å². The fourth-order valence-corrected chi connectivity index (χ4v) is 3.69. The Hall–Kier alpha value is -0.940. The average molecular weight is 281 g/mol. The van der Waals surface area contributed by atoms with Crippen molar-refractivity contribution in [3.8, 4) is 0 Å². The van der Waals surface area contributed by atoms with Crippen LogP contribution >= 0.6 is 11.8 Å². The summed E-state index contributed by atoms with van der Waals surface area (Å²) in [6.07, 6.45) is 5.92. The first-order chi connectivity index (χ1) is 9.12. The van der Waals surface area contributed by atoms with Crippen LogP contribution in [0.2, 0.25) is 0 Å². The SMILES string of the molecule is Cc1occc1SCC(NC1CC1)(C(=O)O)C1CC1. The first kappa shape index (κ1) is 13.1. The van der Waals surface area contributed by atoms with Gasteiger partial charge in [0.2, 0.25) is 0 Å². The summed E-state index contributed by atoms with van der Waals surface area (Å²) in [6, 6.07) is 2.32. The summed E-state index contributed by atoms with van der Waals surface area (Å²) in [5, 5.41) is 13.1. The molecule has 0 radical (unpaired) electrons. The molecule has 2 fully saturated rings. The van der Waals surface area contributed by atoms with Crippen molar-refractivity contribution in [3.05, 3.63) is 18.1 Å². The van der Waals surface area contributed by atoms with E-state index in [1.54, 1.807) is 18.0 Å². The van der Waals surface area contributed by atoms with Crippen LogP contribution in [0.3, 0.4) is 0 Å². The highest BCUT2D eigenvalue weighted by Crippen LogP contribution is 2.44. The summed E-state index contributed by atoms with van der Waals surface area (Å²) < 4.78 is 5.27. The van der Waals surface area contributed by atoms with Crippen molar-refractivity contribution in [2.24, 2.45) is 5.92 Å².